The molecule has 0 bridgehead atoms. The first-order valence-corrected chi connectivity index (χ1v) is 4.12. The average molecular weight is 139 g/mol. The van der Waals surface area contributed by atoms with E-state index in [1.54, 1.807) is 11.1 Å². The summed E-state index contributed by atoms with van der Waals surface area (Å²) in [4.78, 5) is 0. The van der Waals surface area contributed by atoms with E-state index in [2.05, 4.69) is 26.1 Å². The lowest BCUT2D eigenvalue weighted by molar-refractivity contribution is 0.548. The lowest BCUT2D eigenvalue weighted by Crippen LogP contribution is -2.26. The molecule has 1 aliphatic carbocycles. The summed E-state index contributed by atoms with van der Waals surface area (Å²) in [6.07, 6.45) is 2.53. The summed E-state index contributed by atoms with van der Waals surface area (Å²) in [5.41, 5.74) is 3.18. The quantitative estimate of drug-likeness (QED) is 0.578. The Bertz CT molecular complexity index is 133. The van der Waals surface area contributed by atoms with E-state index in [-0.39, 0.29) is 0 Å². The molecule has 0 unspecified atom stereocenters. The predicted molar refractivity (Wildman–Crippen MR) is 45.1 cm³/mol. The lowest BCUT2D eigenvalue weighted by Gasteiger charge is -2.09. The molecule has 0 amide bonds. The Morgan fingerprint density at radius 2 is 1.80 bits per heavy atom. The van der Waals surface area contributed by atoms with E-state index in [0.717, 1.165) is 12.6 Å². The first kappa shape index (κ1) is 7.80. The van der Waals surface area contributed by atoms with Gasteiger partial charge in [-0.25, -0.2) is 0 Å². The second-order valence-electron chi connectivity index (χ2n) is 3.22. The van der Waals surface area contributed by atoms with Gasteiger partial charge in [-0.15, -0.1) is 0 Å². The van der Waals surface area contributed by atoms with Crippen molar-refractivity contribution in [3.05, 3.63) is 11.1 Å². The third kappa shape index (κ3) is 1.60. The van der Waals surface area contributed by atoms with Gasteiger partial charge in [0.25, 0.3) is 0 Å². The largest absolute Gasteiger partial charge is 0.314 e. The van der Waals surface area contributed by atoms with Crippen molar-refractivity contribution in [1.82, 2.24) is 5.32 Å². The highest BCUT2D eigenvalue weighted by Crippen LogP contribution is 2.24. The maximum absolute atomic E-state index is 3.46. The van der Waals surface area contributed by atoms with Crippen LogP contribution in [0.1, 0.15) is 33.6 Å². The van der Waals surface area contributed by atoms with Crippen LogP contribution in [0, 0.1) is 0 Å². The van der Waals surface area contributed by atoms with Crippen molar-refractivity contribution >= 4 is 0 Å². The minimum atomic E-state index is 0.741. The first-order valence-electron chi connectivity index (χ1n) is 4.12. The number of hydrogen-bond acceptors (Lipinski definition) is 1. The second kappa shape index (κ2) is 3.20. The van der Waals surface area contributed by atoms with Crippen molar-refractivity contribution < 1.29 is 0 Å². The molecule has 0 aromatic heterocycles. The van der Waals surface area contributed by atoms with Gasteiger partial charge in [-0.3, -0.25) is 0 Å². The van der Waals surface area contributed by atoms with Gasteiger partial charge in [0.2, 0.25) is 0 Å². The highest BCUT2D eigenvalue weighted by atomic mass is 14.9. The van der Waals surface area contributed by atoms with E-state index in [0.29, 0.717) is 0 Å². The molecule has 1 nitrogen and oxygen atoms in total. The molecule has 1 heteroatoms. The molecular formula is C9H17N. The van der Waals surface area contributed by atoms with Crippen molar-refractivity contribution in [3.8, 4) is 0 Å². The number of rotatable bonds is 2. The Morgan fingerprint density at radius 3 is 2.20 bits per heavy atom. The molecule has 0 heterocycles. The van der Waals surface area contributed by atoms with Crippen molar-refractivity contribution in [2.45, 2.75) is 39.7 Å². The lowest BCUT2D eigenvalue weighted by atomic mass is 10.2. The Hall–Kier alpha value is -0.300. The zero-order valence-electron chi connectivity index (χ0n) is 7.20. The van der Waals surface area contributed by atoms with Crippen molar-refractivity contribution in [3.63, 3.8) is 0 Å². The van der Waals surface area contributed by atoms with Gasteiger partial charge < -0.3 is 5.32 Å². The second-order valence-corrected chi connectivity index (χ2v) is 3.22. The fourth-order valence-electron chi connectivity index (χ4n) is 1.59. The monoisotopic (exact) mass is 139 g/mol. The van der Waals surface area contributed by atoms with Gasteiger partial charge >= 0.3 is 0 Å². The number of nitrogens with one attached hydrogen (secondary N) is 1. The van der Waals surface area contributed by atoms with Crippen molar-refractivity contribution in [2.24, 2.45) is 0 Å². The van der Waals surface area contributed by atoms with Gasteiger partial charge in [0.05, 0.1) is 0 Å². The average Bonchev–Trinajstić information content (AvgIpc) is 2.14. The molecule has 1 aliphatic rings. The highest BCUT2D eigenvalue weighted by molar-refractivity contribution is 5.18. The molecule has 1 N–H and O–H groups in total. The predicted octanol–water partition coefficient (Wildman–Crippen LogP) is 2.09. The van der Waals surface area contributed by atoms with Crippen LogP contribution in [-0.2, 0) is 0 Å². The van der Waals surface area contributed by atoms with E-state index in [1.807, 2.05) is 0 Å². The summed E-state index contributed by atoms with van der Waals surface area (Å²) in [5, 5.41) is 3.46. The van der Waals surface area contributed by atoms with E-state index < -0.39 is 0 Å². The van der Waals surface area contributed by atoms with E-state index in [1.165, 1.54) is 12.8 Å². The molecule has 0 saturated carbocycles. The van der Waals surface area contributed by atoms with Crippen LogP contribution in [0.25, 0.3) is 0 Å². The van der Waals surface area contributed by atoms with Gasteiger partial charge in [-0.1, -0.05) is 18.1 Å². The Kier molecular flexibility index (Phi) is 2.50. The minimum Gasteiger partial charge on any atom is -0.314 e. The Labute approximate surface area is 63.5 Å². The Balaban J connectivity index is 2.36. The summed E-state index contributed by atoms with van der Waals surface area (Å²) in [6, 6.07) is 0.741. The van der Waals surface area contributed by atoms with E-state index in [4.69, 9.17) is 0 Å². The zero-order valence-corrected chi connectivity index (χ0v) is 7.20. The Morgan fingerprint density at radius 1 is 1.30 bits per heavy atom. The summed E-state index contributed by atoms with van der Waals surface area (Å²) >= 11 is 0. The molecule has 0 aromatic rings. The van der Waals surface area contributed by atoms with Crippen LogP contribution in [0.4, 0.5) is 0 Å². The molecule has 0 fully saturated rings. The molecule has 0 saturated heterocycles. The molecule has 0 aromatic carbocycles. The summed E-state index contributed by atoms with van der Waals surface area (Å²) in [7, 11) is 0. The number of hydrogen-bond donors (Lipinski definition) is 1. The van der Waals surface area contributed by atoms with Gasteiger partial charge in [0, 0.05) is 6.04 Å². The van der Waals surface area contributed by atoms with Crippen LogP contribution in [0.5, 0.6) is 0 Å². The summed E-state index contributed by atoms with van der Waals surface area (Å²) in [5.74, 6) is 0. The smallest absolute Gasteiger partial charge is 0.0141 e. The van der Waals surface area contributed by atoms with Crippen LogP contribution >= 0.6 is 0 Å². The third-order valence-electron chi connectivity index (χ3n) is 2.33. The van der Waals surface area contributed by atoms with Gasteiger partial charge in [-0.05, 0) is 33.2 Å². The molecule has 0 spiro atoms. The molecule has 58 valence electrons. The molecule has 10 heavy (non-hydrogen) atoms. The standard InChI is InChI=1S/C9H17N/c1-4-10-9-5-7(2)8(3)6-9/h9-10H,4-6H2,1-3H3. The molecule has 0 radical (unpaired) electrons. The van der Waals surface area contributed by atoms with Crippen LogP contribution < -0.4 is 5.32 Å². The fraction of sp³-hybridized carbons (Fsp3) is 0.778. The van der Waals surface area contributed by atoms with Crippen LogP contribution in [-0.4, -0.2) is 12.6 Å². The molecule has 0 atom stereocenters. The van der Waals surface area contributed by atoms with E-state index in [9.17, 15) is 0 Å². The first-order chi connectivity index (χ1) is 4.74. The van der Waals surface area contributed by atoms with Crippen LogP contribution in [0.3, 0.4) is 0 Å². The van der Waals surface area contributed by atoms with Crippen LogP contribution in [0.2, 0.25) is 0 Å². The highest BCUT2D eigenvalue weighted by Gasteiger charge is 2.16. The SMILES string of the molecule is CCNC1CC(C)=C(C)C1. The van der Waals surface area contributed by atoms with Gasteiger partial charge in [0.1, 0.15) is 0 Å². The zero-order chi connectivity index (χ0) is 7.56. The summed E-state index contributed by atoms with van der Waals surface area (Å²) < 4.78 is 0. The molecular weight excluding hydrogens is 122 g/mol. The fourth-order valence-corrected chi connectivity index (χ4v) is 1.59. The third-order valence-corrected chi connectivity index (χ3v) is 2.33. The minimum absolute atomic E-state index is 0.741. The van der Waals surface area contributed by atoms with Crippen LogP contribution in [0.15, 0.2) is 11.1 Å². The topological polar surface area (TPSA) is 12.0 Å². The van der Waals surface area contributed by atoms with E-state index >= 15 is 0 Å². The van der Waals surface area contributed by atoms with Crippen molar-refractivity contribution in [1.29, 1.82) is 0 Å². The summed E-state index contributed by atoms with van der Waals surface area (Å²) in [6.45, 7) is 7.76. The van der Waals surface area contributed by atoms with Gasteiger partial charge in [0.15, 0.2) is 0 Å². The normalized spacial score (nSPS) is 20.7. The molecule has 0 aliphatic heterocycles. The maximum Gasteiger partial charge on any atom is 0.0141 e. The maximum atomic E-state index is 3.46. The van der Waals surface area contributed by atoms with Crippen molar-refractivity contribution in [2.75, 3.05) is 6.54 Å². The molecule has 1 rings (SSSR count). The van der Waals surface area contributed by atoms with Gasteiger partial charge in [-0.2, -0.15) is 0 Å².